The summed E-state index contributed by atoms with van der Waals surface area (Å²) in [4.78, 5) is 12.5. The fourth-order valence-electron chi connectivity index (χ4n) is 3.41. The Morgan fingerprint density at radius 2 is 1.68 bits per heavy atom. The standard InChI is InChI=1S/C23H18ClFN2O3S/c24-19-10-6-11-20(25)18(19)15-31(29,30)22-13-27(21-12-5-4-9-17(21)22)14-23(28)26-16-7-2-1-3-8-16/h1-13H,14-15H2,(H,26,28). The number of nitrogens with zero attached hydrogens (tertiary/aromatic N) is 1. The zero-order valence-corrected chi connectivity index (χ0v) is 17.8. The molecule has 5 nitrogen and oxygen atoms in total. The fourth-order valence-corrected chi connectivity index (χ4v) is 5.34. The number of para-hydroxylation sites is 2. The number of halogens is 2. The van der Waals surface area contributed by atoms with Gasteiger partial charge in [0.05, 0.1) is 10.6 Å². The van der Waals surface area contributed by atoms with Crippen molar-refractivity contribution in [3.8, 4) is 0 Å². The van der Waals surface area contributed by atoms with Gasteiger partial charge in [-0.1, -0.05) is 54.1 Å². The number of aromatic nitrogens is 1. The lowest BCUT2D eigenvalue weighted by Crippen LogP contribution is -2.18. The largest absolute Gasteiger partial charge is 0.337 e. The Labute approximate surface area is 184 Å². The molecule has 158 valence electrons. The predicted octanol–water partition coefficient (Wildman–Crippen LogP) is 5.05. The summed E-state index contributed by atoms with van der Waals surface area (Å²) in [6.07, 6.45) is 1.42. The molecule has 8 heteroatoms. The first-order valence-electron chi connectivity index (χ1n) is 9.43. The summed E-state index contributed by atoms with van der Waals surface area (Å²) in [5.74, 6) is -1.56. The van der Waals surface area contributed by atoms with Crippen molar-refractivity contribution in [3.05, 3.63) is 95.4 Å². The second-order valence-electron chi connectivity index (χ2n) is 7.01. The van der Waals surface area contributed by atoms with Gasteiger partial charge in [-0.05, 0) is 30.3 Å². The van der Waals surface area contributed by atoms with Gasteiger partial charge in [-0.15, -0.1) is 0 Å². The van der Waals surface area contributed by atoms with Gasteiger partial charge >= 0.3 is 0 Å². The summed E-state index contributed by atoms with van der Waals surface area (Å²) in [5.41, 5.74) is 1.15. The van der Waals surface area contributed by atoms with Crippen LogP contribution in [0.5, 0.6) is 0 Å². The number of rotatable bonds is 6. The molecule has 0 fully saturated rings. The summed E-state index contributed by atoms with van der Waals surface area (Å²) in [6.45, 7) is -0.0780. The van der Waals surface area contributed by atoms with Crippen molar-refractivity contribution < 1.29 is 17.6 Å². The Morgan fingerprint density at radius 3 is 2.42 bits per heavy atom. The van der Waals surface area contributed by atoms with E-state index in [0.717, 1.165) is 0 Å². The zero-order valence-electron chi connectivity index (χ0n) is 16.3. The molecule has 0 atom stereocenters. The smallest absolute Gasteiger partial charge is 0.244 e. The van der Waals surface area contributed by atoms with Crippen molar-refractivity contribution >= 4 is 43.9 Å². The maximum atomic E-state index is 14.2. The van der Waals surface area contributed by atoms with Gasteiger partial charge in [-0.2, -0.15) is 0 Å². The van der Waals surface area contributed by atoms with E-state index in [0.29, 0.717) is 16.6 Å². The summed E-state index contributed by atoms with van der Waals surface area (Å²) < 4.78 is 42.1. The van der Waals surface area contributed by atoms with Crippen molar-refractivity contribution in [1.29, 1.82) is 0 Å². The van der Waals surface area contributed by atoms with Crippen molar-refractivity contribution in [2.24, 2.45) is 0 Å². The van der Waals surface area contributed by atoms with Crippen molar-refractivity contribution in [2.45, 2.75) is 17.2 Å². The lowest BCUT2D eigenvalue weighted by Gasteiger charge is -2.07. The highest BCUT2D eigenvalue weighted by Gasteiger charge is 2.24. The van der Waals surface area contributed by atoms with Crippen LogP contribution in [0.25, 0.3) is 10.9 Å². The molecule has 0 bridgehead atoms. The van der Waals surface area contributed by atoms with Gasteiger partial charge in [0.25, 0.3) is 0 Å². The second kappa shape index (κ2) is 8.53. The third kappa shape index (κ3) is 4.47. The molecule has 0 unspecified atom stereocenters. The number of carbonyl (C=O) groups excluding carboxylic acids is 1. The summed E-state index contributed by atoms with van der Waals surface area (Å²) in [6, 6.07) is 19.9. The van der Waals surface area contributed by atoms with E-state index in [1.807, 2.05) is 6.07 Å². The monoisotopic (exact) mass is 456 g/mol. The van der Waals surface area contributed by atoms with Crippen LogP contribution in [-0.2, 0) is 26.9 Å². The van der Waals surface area contributed by atoms with Gasteiger partial charge in [0, 0.05) is 33.4 Å². The molecule has 0 radical (unpaired) electrons. The van der Waals surface area contributed by atoms with Gasteiger partial charge in [0.2, 0.25) is 5.91 Å². The average molecular weight is 457 g/mol. The molecule has 0 aliphatic carbocycles. The Morgan fingerprint density at radius 1 is 0.968 bits per heavy atom. The third-order valence-corrected chi connectivity index (χ3v) is 6.87. The number of anilines is 1. The Hall–Kier alpha value is -3.16. The van der Waals surface area contributed by atoms with E-state index in [4.69, 9.17) is 11.6 Å². The highest BCUT2D eigenvalue weighted by atomic mass is 35.5. The van der Waals surface area contributed by atoms with Crippen LogP contribution in [0.2, 0.25) is 5.02 Å². The number of benzene rings is 3. The molecule has 0 saturated carbocycles. The molecule has 0 spiro atoms. The molecule has 1 aromatic heterocycles. The summed E-state index contributed by atoms with van der Waals surface area (Å²) >= 11 is 6.03. The maximum Gasteiger partial charge on any atom is 0.244 e. The molecular formula is C23H18ClFN2O3S. The molecular weight excluding hydrogens is 439 g/mol. The fraction of sp³-hybridized carbons (Fsp3) is 0.0870. The van der Waals surface area contributed by atoms with Crippen LogP contribution in [0.3, 0.4) is 0 Å². The van der Waals surface area contributed by atoms with Crippen molar-refractivity contribution in [3.63, 3.8) is 0 Å². The second-order valence-corrected chi connectivity index (χ2v) is 9.38. The Bertz CT molecular complexity index is 1350. The molecule has 31 heavy (non-hydrogen) atoms. The van der Waals surface area contributed by atoms with Crippen LogP contribution in [0.4, 0.5) is 10.1 Å². The minimum absolute atomic E-state index is 0.0231. The Kier molecular flexibility index (Phi) is 5.80. The minimum atomic E-state index is -3.94. The molecule has 0 aliphatic heterocycles. The SMILES string of the molecule is O=C(Cn1cc(S(=O)(=O)Cc2c(F)cccc2Cl)c2ccccc21)Nc1ccccc1. The quantitative estimate of drug-likeness (QED) is 0.441. The molecule has 4 rings (SSSR count). The van der Waals surface area contributed by atoms with Crippen LogP contribution in [0.15, 0.2) is 83.9 Å². The van der Waals surface area contributed by atoms with E-state index in [9.17, 15) is 17.6 Å². The first-order chi connectivity index (χ1) is 14.8. The van der Waals surface area contributed by atoms with Crippen LogP contribution in [0.1, 0.15) is 5.56 Å². The molecule has 0 saturated heterocycles. The van der Waals surface area contributed by atoms with E-state index in [2.05, 4.69) is 5.32 Å². The molecule has 3 aromatic carbocycles. The highest BCUT2D eigenvalue weighted by molar-refractivity contribution is 7.90. The first-order valence-corrected chi connectivity index (χ1v) is 11.5. The predicted molar refractivity (Wildman–Crippen MR) is 119 cm³/mol. The van der Waals surface area contributed by atoms with Gasteiger partial charge in [0.15, 0.2) is 9.84 Å². The summed E-state index contributed by atoms with van der Waals surface area (Å²) in [5, 5.41) is 3.29. The van der Waals surface area contributed by atoms with Crippen LogP contribution < -0.4 is 5.32 Å². The van der Waals surface area contributed by atoms with Gasteiger partial charge < -0.3 is 9.88 Å². The van der Waals surface area contributed by atoms with E-state index in [1.165, 1.54) is 24.4 Å². The summed E-state index contributed by atoms with van der Waals surface area (Å²) in [7, 11) is -3.94. The zero-order chi connectivity index (χ0) is 22.0. The number of carbonyl (C=O) groups is 1. The molecule has 1 heterocycles. The molecule has 4 aromatic rings. The minimum Gasteiger partial charge on any atom is -0.337 e. The normalized spacial score (nSPS) is 11.5. The van der Waals surface area contributed by atoms with Crippen molar-refractivity contribution in [1.82, 2.24) is 4.57 Å². The topological polar surface area (TPSA) is 68.2 Å². The van der Waals surface area contributed by atoms with E-state index in [-0.39, 0.29) is 27.9 Å². The number of nitrogens with one attached hydrogen (secondary N) is 1. The number of fused-ring (bicyclic) bond motifs is 1. The lowest BCUT2D eigenvalue weighted by atomic mass is 10.2. The molecule has 1 amide bonds. The van der Waals surface area contributed by atoms with Gasteiger partial charge in [0.1, 0.15) is 12.4 Å². The number of hydrogen-bond donors (Lipinski definition) is 1. The molecule has 0 aliphatic rings. The Balaban J connectivity index is 1.68. The van der Waals surface area contributed by atoms with Crippen LogP contribution in [0, 0.1) is 5.82 Å². The van der Waals surface area contributed by atoms with Crippen LogP contribution in [-0.4, -0.2) is 18.9 Å². The van der Waals surface area contributed by atoms with E-state index < -0.39 is 21.4 Å². The van der Waals surface area contributed by atoms with Crippen LogP contribution >= 0.6 is 11.6 Å². The first kappa shape index (κ1) is 21.1. The van der Waals surface area contributed by atoms with Crippen molar-refractivity contribution in [2.75, 3.05) is 5.32 Å². The number of amides is 1. The van der Waals surface area contributed by atoms with E-state index in [1.54, 1.807) is 53.1 Å². The average Bonchev–Trinajstić information content (AvgIpc) is 3.11. The molecule has 1 N–H and O–H groups in total. The number of hydrogen-bond acceptors (Lipinski definition) is 3. The number of sulfone groups is 1. The maximum absolute atomic E-state index is 14.2. The van der Waals surface area contributed by atoms with Gasteiger partial charge in [-0.3, -0.25) is 4.79 Å². The van der Waals surface area contributed by atoms with E-state index >= 15 is 0 Å². The van der Waals surface area contributed by atoms with Gasteiger partial charge in [-0.25, -0.2) is 12.8 Å². The highest BCUT2D eigenvalue weighted by Crippen LogP contribution is 2.30. The lowest BCUT2D eigenvalue weighted by molar-refractivity contribution is -0.116. The third-order valence-electron chi connectivity index (χ3n) is 4.85.